The van der Waals surface area contributed by atoms with Gasteiger partial charge < -0.3 is 5.11 Å². The van der Waals surface area contributed by atoms with E-state index in [0.717, 1.165) is 6.42 Å². The minimum absolute atomic E-state index is 0. The van der Waals surface area contributed by atoms with Crippen molar-refractivity contribution in [1.82, 2.24) is 0 Å². The van der Waals surface area contributed by atoms with Crippen LogP contribution < -0.4 is 0 Å². The van der Waals surface area contributed by atoms with Gasteiger partial charge in [0, 0.05) is 6.42 Å². The van der Waals surface area contributed by atoms with Gasteiger partial charge in [0.1, 0.15) is 0 Å². The fourth-order valence-corrected chi connectivity index (χ4v) is 0.214. The van der Waals surface area contributed by atoms with Crippen molar-refractivity contribution in [3.63, 3.8) is 0 Å². The van der Waals surface area contributed by atoms with Gasteiger partial charge in [-0.3, -0.25) is 37.7 Å². The van der Waals surface area contributed by atoms with Crippen LogP contribution in [0.15, 0.2) is 0 Å². The highest BCUT2D eigenvalue weighted by Crippen LogP contribution is 1.82. The average Bonchev–Trinajstić information content (AvgIpc) is 1.35. The molecule has 13 heavy (non-hydrogen) atoms. The lowest BCUT2D eigenvalue weighted by molar-refractivity contribution is -0.137. The molecule has 0 radical (unpaired) electrons. The first-order valence-corrected chi connectivity index (χ1v) is 1.99. The van der Waals surface area contributed by atoms with E-state index in [2.05, 4.69) is 0 Å². The van der Waals surface area contributed by atoms with Crippen LogP contribution in [0.1, 0.15) is 19.8 Å². The molecule has 92 valence electrons. The Kier molecular flexibility index (Phi) is 484. The second-order valence-corrected chi connectivity index (χ2v) is 1.14. The summed E-state index contributed by atoms with van der Waals surface area (Å²) in [4.78, 5) is 9.60. The zero-order chi connectivity index (χ0) is 4.99. The molecule has 0 saturated carbocycles. The molecule has 0 aliphatic heterocycles. The Morgan fingerprint density at radius 1 is 0.923 bits per heavy atom. The summed E-state index contributed by atoms with van der Waals surface area (Å²) in [7, 11) is 0. The number of carbonyl (C=O) groups is 1. The summed E-state index contributed by atoms with van der Waals surface area (Å²) in [5.41, 5.74) is 0. The van der Waals surface area contributed by atoms with Crippen molar-refractivity contribution in [2.45, 2.75) is 19.8 Å². The number of rotatable bonds is 2. The molecule has 0 saturated heterocycles. The number of hydrogen-bond donors (Lipinski definition) is 1. The summed E-state index contributed by atoms with van der Waals surface area (Å²) >= 11 is 0. The molecule has 0 spiro atoms. The molecule has 0 aromatic rings. The van der Waals surface area contributed by atoms with Gasteiger partial charge in [-0.15, -0.1) is 0 Å². The number of carboxylic acids is 1. The van der Waals surface area contributed by atoms with E-state index >= 15 is 0 Å². The van der Waals surface area contributed by atoms with Crippen LogP contribution in [0.2, 0.25) is 0 Å². The van der Waals surface area contributed by atoms with E-state index in [1.165, 1.54) is 0 Å². The quantitative estimate of drug-likeness (QED) is 0.733. The lowest BCUT2D eigenvalue weighted by atomic mass is 10.4. The Balaban J connectivity index is -0.00000000595. The van der Waals surface area contributed by atoms with Crippen molar-refractivity contribution in [3.8, 4) is 0 Å². The Hall–Kier alpha value is -1.02. The molecule has 0 heterocycles. The molecular formula is C4H15F7O2. The van der Waals surface area contributed by atoms with Crippen LogP contribution in [0.4, 0.5) is 32.9 Å². The highest BCUT2D eigenvalue weighted by Gasteiger charge is 1.87. The van der Waals surface area contributed by atoms with Crippen molar-refractivity contribution < 1.29 is 42.8 Å². The Labute approximate surface area is 69.9 Å². The van der Waals surface area contributed by atoms with E-state index in [1.807, 2.05) is 6.92 Å². The highest BCUT2D eigenvalue weighted by molar-refractivity contribution is 5.66. The molecule has 0 fully saturated rings. The standard InChI is InChI=1S/C4H8O2.7FH/c1-2-3-4(5)6;;;;;;;/h2-3H2,1H3,(H,5,6);7*1H. The average molecular weight is 228 g/mol. The number of aliphatic carboxylic acids is 1. The third-order valence-electron chi connectivity index (χ3n) is 0.464. The Bertz CT molecular complexity index is 62.5. The van der Waals surface area contributed by atoms with E-state index in [4.69, 9.17) is 5.11 Å². The summed E-state index contributed by atoms with van der Waals surface area (Å²) in [6.07, 6.45) is 1.02. The van der Waals surface area contributed by atoms with Gasteiger partial charge in [-0.2, -0.15) is 0 Å². The summed E-state index contributed by atoms with van der Waals surface area (Å²) in [5, 5.41) is 7.91. The molecule has 0 aromatic carbocycles. The smallest absolute Gasteiger partial charge is 0.303 e. The van der Waals surface area contributed by atoms with Crippen LogP contribution in [-0.4, -0.2) is 11.1 Å². The van der Waals surface area contributed by atoms with Crippen LogP contribution in [0, 0.1) is 0 Å². The Morgan fingerprint density at radius 2 is 1.15 bits per heavy atom. The first-order chi connectivity index (χ1) is 2.77. The second-order valence-electron chi connectivity index (χ2n) is 1.14. The van der Waals surface area contributed by atoms with Gasteiger partial charge in [0.05, 0.1) is 0 Å². The molecule has 0 aliphatic rings. The lowest BCUT2D eigenvalue weighted by Crippen LogP contribution is -1.90. The monoisotopic (exact) mass is 228 g/mol. The zero-order valence-electron chi connectivity index (χ0n) is 6.63. The highest BCUT2D eigenvalue weighted by atomic mass is 19.0. The van der Waals surface area contributed by atoms with E-state index in [9.17, 15) is 4.79 Å². The lowest BCUT2D eigenvalue weighted by Gasteiger charge is -1.79. The minimum Gasteiger partial charge on any atom is -0.481 e. The van der Waals surface area contributed by atoms with Crippen LogP contribution >= 0.6 is 0 Å². The topological polar surface area (TPSA) is 37.3 Å². The predicted octanol–water partition coefficient (Wildman–Crippen LogP) is 1.94. The van der Waals surface area contributed by atoms with Crippen LogP contribution in [0.3, 0.4) is 0 Å². The third-order valence-corrected chi connectivity index (χ3v) is 0.464. The van der Waals surface area contributed by atoms with Gasteiger partial charge >= 0.3 is 5.97 Å². The number of hydrogen-bond acceptors (Lipinski definition) is 1. The van der Waals surface area contributed by atoms with Gasteiger partial charge in [0.25, 0.3) is 0 Å². The maximum atomic E-state index is 9.60. The normalized spacial score (nSPS) is 3.77. The van der Waals surface area contributed by atoms with Crippen molar-refractivity contribution in [2.75, 3.05) is 0 Å². The van der Waals surface area contributed by atoms with Gasteiger partial charge in [0.15, 0.2) is 0 Å². The van der Waals surface area contributed by atoms with Gasteiger partial charge in [-0.1, -0.05) is 6.92 Å². The van der Waals surface area contributed by atoms with Crippen LogP contribution in [0.5, 0.6) is 0 Å². The van der Waals surface area contributed by atoms with E-state index < -0.39 is 5.97 Å². The molecule has 0 atom stereocenters. The fraction of sp³-hybridized carbons (Fsp3) is 0.750. The fourth-order valence-electron chi connectivity index (χ4n) is 0.214. The van der Waals surface area contributed by atoms with E-state index in [-0.39, 0.29) is 32.9 Å². The van der Waals surface area contributed by atoms with Gasteiger partial charge in [-0.05, 0) is 6.42 Å². The first kappa shape index (κ1) is 91.2. The van der Waals surface area contributed by atoms with Crippen LogP contribution in [-0.2, 0) is 4.79 Å². The van der Waals surface area contributed by atoms with Crippen molar-refractivity contribution in [1.29, 1.82) is 0 Å². The molecule has 0 bridgehead atoms. The van der Waals surface area contributed by atoms with Crippen molar-refractivity contribution in [3.05, 3.63) is 0 Å². The summed E-state index contributed by atoms with van der Waals surface area (Å²) in [6.45, 7) is 1.84. The Morgan fingerprint density at radius 3 is 1.15 bits per heavy atom. The third kappa shape index (κ3) is 226. The summed E-state index contributed by atoms with van der Waals surface area (Å²) in [5.74, 6) is -0.711. The largest absolute Gasteiger partial charge is 0.481 e. The number of halogens is 7. The molecule has 0 rings (SSSR count). The summed E-state index contributed by atoms with van der Waals surface area (Å²) in [6, 6.07) is 0. The molecule has 0 aliphatic carbocycles. The maximum Gasteiger partial charge on any atom is 0.303 e. The molecule has 0 unspecified atom stereocenters. The molecular weight excluding hydrogens is 213 g/mol. The van der Waals surface area contributed by atoms with E-state index in [1.54, 1.807) is 0 Å². The van der Waals surface area contributed by atoms with Crippen molar-refractivity contribution in [2.24, 2.45) is 0 Å². The SMILES string of the molecule is CCCC(=O)O.F.F.F.F.F.F.F. The molecule has 0 aromatic heterocycles. The van der Waals surface area contributed by atoms with Crippen molar-refractivity contribution >= 4 is 5.97 Å². The minimum atomic E-state index is -0.711. The van der Waals surface area contributed by atoms with E-state index in [0.29, 0.717) is 6.42 Å². The second kappa shape index (κ2) is 69.0. The number of carboxylic acid groups (broad SMARTS) is 1. The van der Waals surface area contributed by atoms with Gasteiger partial charge in [-0.25, -0.2) is 0 Å². The predicted molar refractivity (Wildman–Crippen MR) is 40.1 cm³/mol. The first-order valence-electron chi connectivity index (χ1n) is 1.99. The zero-order valence-corrected chi connectivity index (χ0v) is 6.63. The molecule has 2 nitrogen and oxygen atoms in total. The summed E-state index contributed by atoms with van der Waals surface area (Å²) < 4.78 is 0. The molecule has 9 heteroatoms. The van der Waals surface area contributed by atoms with Crippen LogP contribution in [0.25, 0.3) is 0 Å². The van der Waals surface area contributed by atoms with Gasteiger partial charge in [0.2, 0.25) is 0 Å². The molecule has 1 N–H and O–H groups in total. The maximum absolute atomic E-state index is 9.60. The molecule has 0 amide bonds.